The topological polar surface area (TPSA) is 33.1 Å². The molecule has 0 bridgehead atoms. The summed E-state index contributed by atoms with van der Waals surface area (Å²) in [6.07, 6.45) is 3.87. The van der Waals surface area contributed by atoms with Crippen molar-refractivity contribution in [1.29, 1.82) is 0 Å². The Hall–Kier alpha value is -2.16. The molecular formula is C20H17ClNO. The third kappa shape index (κ3) is 3.79. The Morgan fingerprint density at radius 1 is 1.09 bits per heavy atom. The smallest absolute Gasteiger partial charge is 0.0790 e. The second-order valence-corrected chi connectivity index (χ2v) is 5.82. The summed E-state index contributed by atoms with van der Waals surface area (Å²) in [5.74, 6) is 0. The van der Waals surface area contributed by atoms with Gasteiger partial charge in [-0.1, -0.05) is 54.9 Å². The van der Waals surface area contributed by atoms with Crippen molar-refractivity contribution in [3.05, 3.63) is 83.4 Å². The van der Waals surface area contributed by atoms with Crippen LogP contribution in [0, 0.1) is 6.92 Å². The molecule has 1 heterocycles. The summed E-state index contributed by atoms with van der Waals surface area (Å²) >= 11 is 6.02. The van der Waals surface area contributed by atoms with Crippen molar-refractivity contribution in [3.8, 4) is 0 Å². The number of halogens is 1. The molecule has 0 aliphatic carbocycles. The van der Waals surface area contributed by atoms with Crippen molar-refractivity contribution >= 4 is 34.7 Å². The number of hydrogen-bond acceptors (Lipinski definition) is 2. The highest BCUT2D eigenvalue weighted by atomic mass is 35.5. The maximum absolute atomic E-state index is 9.87. The molecule has 0 saturated heterocycles. The van der Waals surface area contributed by atoms with Gasteiger partial charge in [-0.2, -0.15) is 0 Å². The molecule has 3 heteroatoms. The normalized spacial score (nSPS) is 12.8. The Labute approximate surface area is 141 Å². The van der Waals surface area contributed by atoms with Crippen LogP contribution in [-0.4, -0.2) is 10.1 Å². The second kappa shape index (κ2) is 6.95. The summed E-state index contributed by atoms with van der Waals surface area (Å²) in [5.41, 5.74) is 3.63. The lowest BCUT2D eigenvalue weighted by atomic mass is 10.0. The van der Waals surface area contributed by atoms with E-state index >= 15 is 0 Å². The Morgan fingerprint density at radius 3 is 2.74 bits per heavy atom. The maximum Gasteiger partial charge on any atom is 0.0790 e. The molecule has 0 amide bonds. The predicted octanol–water partition coefficient (Wildman–Crippen LogP) is 5.32. The third-order valence-electron chi connectivity index (χ3n) is 3.69. The number of hydrogen-bond donors (Lipinski definition) is 1. The van der Waals surface area contributed by atoms with Crippen LogP contribution in [0.2, 0.25) is 5.02 Å². The van der Waals surface area contributed by atoms with E-state index in [1.54, 1.807) is 0 Å². The lowest BCUT2D eigenvalue weighted by molar-refractivity contribution is 0.181. The van der Waals surface area contributed by atoms with E-state index in [4.69, 9.17) is 11.6 Å². The van der Waals surface area contributed by atoms with E-state index in [-0.39, 0.29) is 0 Å². The largest absolute Gasteiger partial charge is 0.388 e. The molecule has 0 spiro atoms. The van der Waals surface area contributed by atoms with Crippen LogP contribution < -0.4 is 0 Å². The molecule has 0 saturated carbocycles. The van der Waals surface area contributed by atoms with Crippen molar-refractivity contribution in [2.75, 3.05) is 0 Å². The van der Waals surface area contributed by atoms with Crippen LogP contribution in [0.4, 0.5) is 0 Å². The minimum atomic E-state index is -0.524. The Morgan fingerprint density at radius 2 is 1.91 bits per heavy atom. The van der Waals surface area contributed by atoms with Crippen LogP contribution in [0.25, 0.3) is 23.1 Å². The van der Waals surface area contributed by atoms with E-state index < -0.39 is 6.10 Å². The standard InChI is InChI=1S/C20H17ClNO/c1-2-20(23)16-5-3-4-14(12-16)6-10-18-11-8-15-7-9-17(21)13-19(15)22-18/h3-13,20,23H,1-2H2/b10-6+/t20-/m1/s1. The number of rotatable bonds is 4. The van der Waals surface area contributed by atoms with Gasteiger partial charge in [-0.3, -0.25) is 0 Å². The summed E-state index contributed by atoms with van der Waals surface area (Å²) in [7, 11) is 0. The Bertz CT molecular complexity index is 857. The zero-order chi connectivity index (χ0) is 16.2. The first-order chi connectivity index (χ1) is 11.2. The van der Waals surface area contributed by atoms with Crippen LogP contribution in [0.3, 0.4) is 0 Å². The molecule has 1 radical (unpaired) electrons. The molecule has 3 aromatic rings. The van der Waals surface area contributed by atoms with E-state index in [0.29, 0.717) is 11.4 Å². The summed E-state index contributed by atoms with van der Waals surface area (Å²) in [5, 5.41) is 11.6. The highest BCUT2D eigenvalue weighted by Gasteiger charge is 2.04. The van der Waals surface area contributed by atoms with E-state index in [1.807, 2.05) is 66.7 Å². The number of benzene rings is 2. The van der Waals surface area contributed by atoms with E-state index in [9.17, 15) is 5.11 Å². The fraction of sp³-hybridized carbons (Fsp3) is 0.100. The minimum Gasteiger partial charge on any atom is -0.388 e. The average Bonchev–Trinajstić information content (AvgIpc) is 2.59. The molecule has 0 fully saturated rings. The number of fused-ring (bicyclic) bond motifs is 1. The van der Waals surface area contributed by atoms with Crippen LogP contribution >= 0.6 is 11.6 Å². The van der Waals surface area contributed by atoms with Gasteiger partial charge in [0.2, 0.25) is 0 Å². The van der Waals surface area contributed by atoms with Gasteiger partial charge in [0.1, 0.15) is 0 Å². The highest BCUT2D eigenvalue weighted by molar-refractivity contribution is 6.31. The van der Waals surface area contributed by atoms with Crippen molar-refractivity contribution < 1.29 is 5.11 Å². The zero-order valence-corrected chi connectivity index (χ0v) is 13.4. The first-order valence-corrected chi connectivity index (χ1v) is 7.85. The predicted molar refractivity (Wildman–Crippen MR) is 97.1 cm³/mol. The fourth-order valence-corrected chi connectivity index (χ4v) is 2.58. The molecule has 0 aliphatic rings. The number of nitrogens with zero attached hydrogens (tertiary/aromatic N) is 1. The Kier molecular flexibility index (Phi) is 4.75. The van der Waals surface area contributed by atoms with Gasteiger partial charge >= 0.3 is 0 Å². The SMILES string of the molecule is [CH2]C[C@@H](O)c1cccc(/C=C/c2ccc3ccc(Cl)cc3n2)c1. The van der Waals surface area contributed by atoms with Crippen LogP contribution in [0.15, 0.2) is 54.6 Å². The van der Waals surface area contributed by atoms with Crippen molar-refractivity contribution in [3.63, 3.8) is 0 Å². The molecule has 1 N–H and O–H groups in total. The van der Waals surface area contributed by atoms with Gasteiger partial charge in [0, 0.05) is 10.4 Å². The third-order valence-corrected chi connectivity index (χ3v) is 3.93. The monoisotopic (exact) mass is 322 g/mol. The van der Waals surface area contributed by atoms with E-state index in [0.717, 1.165) is 27.7 Å². The second-order valence-electron chi connectivity index (χ2n) is 5.38. The molecule has 0 unspecified atom stereocenters. The van der Waals surface area contributed by atoms with Crippen LogP contribution in [-0.2, 0) is 0 Å². The molecule has 2 aromatic carbocycles. The van der Waals surface area contributed by atoms with E-state index in [1.165, 1.54) is 0 Å². The minimum absolute atomic E-state index is 0.458. The molecule has 2 nitrogen and oxygen atoms in total. The number of pyridine rings is 1. The van der Waals surface area contributed by atoms with Gasteiger partial charge in [-0.05, 0) is 47.9 Å². The number of aliphatic hydroxyl groups is 1. The van der Waals surface area contributed by atoms with Gasteiger partial charge < -0.3 is 5.11 Å². The summed E-state index contributed by atoms with van der Waals surface area (Å²) in [4.78, 5) is 4.59. The quantitative estimate of drug-likeness (QED) is 0.705. The highest BCUT2D eigenvalue weighted by Crippen LogP contribution is 2.20. The molecule has 0 aliphatic heterocycles. The van der Waals surface area contributed by atoms with Crippen LogP contribution in [0.1, 0.15) is 29.3 Å². The summed E-state index contributed by atoms with van der Waals surface area (Å²) in [6.45, 7) is 3.73. The van der Waals surface area contributed by atoms with Crippen molar-refractivity contribution in [2.24, 2.45) is 0 Å². The van der Waals surface area contributed by atoms with Gasteiger partial charge in [0.05, 0.1) is 17.3 Å². The molecular weight excluding hydrogens is 306 g/mol. The van der Waals surface area contributed by atoms with Crippen molar-refractivity contribution in [2.45, 2.75) is 12.5 Å². The van der Waals surface area contributed by atoms with Gasteiger partial charge in [0.25, 0.3) is 0 Å². The fourth-order valence-electron chi connectivity index (χ4n) is 2.42. The maximum atomic E-state index is 9.87. The summed E-state index contributed by atoms with van der Waals surface area (Å²) in [6, 6.07) is 17.5. The molecule has 1 atom stereocenters. The number of aliphatic hydroxyl groups excluding tert-OH is 1. The van der Waals surface area contributed by atoms with Crippen LogP contribution in [0.5, 0.6) is 0 Å². The molecule has 1 aromatic heterocycles. The number of aromatic nitrogens is 1. The van der Waals surface area contributed by atoms with Gasteiger partial charge in [-0.15, -0.1) is 0 Å². The van der Waals surface area contributed by atoms with Gasteiger partial charge in [0.15, 0.2) is 0 Å². The zero-order valence-electron chi connectivity index (χ0n) is 12.6. The molecule has 3 rings (SSSR count). The first kappa shape index (κ1) is 15.7. The lowest BCUT2D eigenvalue weighted by Crippen LogP contribution is -1.94. The van der Waals surface area contributed by atoms with Gasteiger partial charge in [-0.25, -0.2) is 4.98 Å². The molecule has 23 heavy (non-hydrogen) atoms. The Balaban J connectivity index is 1.87. The first-order valence-electron chi connectivity index (χ1n) is 7.47. The van der Waals surface area contributed by atoms with Crippen molar-refractivity contribution in [1.82, 2.24) is 4.98 Å². The lowest BCUT2D eigenvalue weighted by Gasteiger charge is -2.08. The molecule has 115 valence electrons. The average molecular weight is 323 g/mol. The summed E-state index contributed by atoms with van der Waals surface area (Å²) < 4.78 is 0. The van der Waals surface area contributed by atoms with E-state index in [2.05, 4.69) is 11.9 Å².